The molecule has 10 heavy (non-hydrogen) atoms. The first-order valence-corrected chi connectivity index (χ1v) is 2.31. The topological polar surface area (TPSA) is 43.2 Å². The van der Waals surface area contributed by atoms with Crippen molar-refractivity contribution in [2.75, 3.05) is 7.11 Å². The fourth-order valence-electron chi connectivity index (χ4n) is 0.271. The van der Waals surface area contributed by atoms with Crippen molar-refractivity contribution in [3.05, 3.63) is 0 Å². The van der Waals surface area contributed by atoms with E-state index in [4.69, 9.17) is 0 Å². The quantitative estimate of drug-likeness (QED) is 0.450. The molecule has 0 amide bonds. The molecular formula is C4H6F2N2O2. The summed E-state index contributed by atoms with van der Waals surface area (Å²) in [6, 6.07) is 0. The Balaban J connectivity index is 4.06. The molecule has 0 saturated carbocycles. The highest BCUT2D eigenvalue weighted by molar-refractivity contribution is 6.37. The van der Waals surface area contributed by atoms with Crippen molar-refractivity contribution in [1.29, 1.82) is 0 Å². The van der Waals surface area contributed by atoms with E-state index in [0.717, 1.165) is 0 Å². The van der Waals surface area contributed by atoms with E-state index in [1.54, 1.807) is 0 Å². The fraction of sp³-hybridized carbons (Fsp3) is 0.500. The summed E-state index contributed by atoms with van der Waals surface area (Å²) in [4.78, 5) is 4.16. The molecule has 0 atom stereocenters. The van der Waals surface area contributed by atoms with Gasteiger partial charge in [-0.25, -0.2) is 0 Å². The number of oxime groups is 2. The Labute approximate surface area is 56.0 Å². The molecule has 0 aromatic carbocycles. The predicted octanol–water partition coefficient (Wildman–Crippen LogP) is 1.19. The summed E-state index contributed by atoms with van der Waals surface area (Å²) in [5, 5.41) is 8.07. The minimum Gasteiger partial charge on any atom is -0.399 e. The third kappa shape index (κ3) is 2.95. The molecule has 6 heteroatoms. The van der Waals surface area contributed by atoms with Crippen molar-refractivity contribution in [2.45, 2.75) is 6.92 Å². The van der Waals surface area contributed by atoms with E-state index in [-0.39, 0.29) is 5.71 Å². The largest absolute Gasteiger partial charge is 0.399 e. The highest BCUT2D eigenvalue weighted by atomic mass is 19.3. The van der Waals surface area contributed by atoms with Gasteiger partial charge < -0.3 is 4.84 Å². The zero-order valence-electron chi connectivity index (χ0n) is 5.47. The molecule has 0 aliphatic rings. The third-order valence-electron chi connectivity index (χ3n) is 0.641. The number of nitrogens with zero attached hydrogens (tertiary/aromatic N) is 2. The van der Waals surface area contributed by atoms with E-state index < -0.39 is 5.97 Å². The van der Waals surface area contributed by atoms with Gasteiger partial charge in [-0.1, -0.05) is 5.16 Å². The molecule has 0 rings (SSSR count). The molecular weight excluding hydrogens is 146 g/mol. The minimum atomic E-state index is -1.16. The van der Waals surface area contributed by atoms with Crippen LogP contribution in [0.3, 0.4) is 0 Å². The lowest BCUT2D eigenvalue weighted by atomic mass is 10.5. The summed E-state index contributed by atoms with van der Waals surface area (Å²) < 4.78 is 23.0. The molecule has 0 fully saturated rings. The van der Waals surface area contributed by atoms with Crippen LogP contribution in [0.15, 0.2) is 10.3 Å². The van der Waals surface area contributed by atoms with Gasteiger partial charge >= 0.3 is 0 Å². The van der Waals surface area contributed by atoms with E-state index in [9.17, 15) is 8.92 Å². The number of hydrogen-bond acceptors (Lipinski definition) is 4. The number of rotatable bonds is 3. The highest BCUT2D eigenvalue weighted by Crippen LogP contribution is 1.89. The lowest BCUT2D eigenvalue weighted by Gasteiger charge is -1.90. The third-order valence-corrected chi connectivity index (χ3v) is 0.641. The molecule has 0 unspecified atom stereocenters. The molecule has 0 aromatic heterocycles. The maximum Gasteiger partial charge on any atom is 0.278 e. The normalized spacial score (nSPS) is 13.2. The molecule has 0 aromatic rings. The average Bonchev–Trinajstić information content (AvgIpc) is 1.89. The van der Waals surface area contributed by atoms with Crippen molar-refractivity contribution in [3.63, 3.8) is 0 Å². The van der Waals surface area contributed by atoms with Crippen LogP contribution < -0.4 is 0 Å². The van der Waals surface area contributed by atoms with Gasteiger partial charge in [0.05, 0.1) is 0 Å². The smallest absolute Gasteiger partial charge is 0.278 e. The first kappa shape index (κ1) is 8.80. The van der Waals surface area contributed by atoms with E-state index in [2.05, 4.69) is 20.2 Å². The van der Waals surface area contributed by atoms with Gasteiger partial charge in [0.25, 0.3) is 5.97 Å². The van der Waals surface area contributed by atoms with Crippen LogP contribution in [0.25, 0.3) is 0 Å². The zero-order valence-corrected chi connectivity index (χ0v) is 5.47. The summed E-state index contributed by atoms with van der Waals surface area (Å²) in [6.45, 7) is 1.25. The van der Waals surface area contributed by atoms with Gasteiger partial charge in [0.2, 0.25) is 0 Å². The maximum absolute atomic E-state index is 12.2. The van der Waals surface area contributed by atoms with E-state index in [0.29, 0.717) is 0 Å². The Morgan fingerprint density at radius 2 is 2.00 bits per heavy atom. The molecule has 0 radical (unpaired) electrons. The second kappa shape index (κ2) is 4.66. The predicted molar refractivity (Wildman–Crippen MR) is 30.9 cm³/mol. The van der Waals surface area contributed by atoms with Crippen molar-refractivity contribution < 1.29 is 18.8 Å². The molecule has 0 spiro atoms. The Hall–Kier alpha value is -1.20. The number of halogens is 2. The summed E-state index contributed by atoms with van der Waals surface area (Å²) >= 11 is 0. The Bertz CT molecular complexity index is 139. The first-order valence-electron chi connectivity index (χ1n) is 2.31. The van der Waals surface area contributed by atoms with Gasteiger partial charge in [-0.3, -0.25) is 0 Å². The van der Waals surface area contributed by atoms with Crippen molar-refractivity contribution in [2.24, 2.45) is 10.3 Å². The highest BCUT2D eigenvalue weighted by Gasteiger charge is 2.02. The van der Waals surface area contributed by atoms with Gasteiger partial charge in [0.1, 0.15) is 12.8 Å². The summed E-state index contributed by atoms with van der Waals surface area (Å²) in [5.74, 6) is -1.16. The molecule has 0 saturated heterocycles. The van der Waals surface area contributed by atoms with Gasteiger partial charge in [0.15, 0.2) is 0 Å². The van der Waals surface area contributed by atoms with Gasteiger partial charge in [-0.2, -0.15) is 9.43 Å². The van der Waals surface area contributed by atoms with Crippen LogP contribution in [0, 0.1) is 0 Å². The Morgan fingerprint density at radius 3 is 2.40 bits per heavy atom. The standard InChI is InChI=1S/C4H6F2N2O2/c1-3(7-9-2)4(5)8-10-6/h1-2H3. The van der Waals surface area contributed by atoms with Gasteiger partial charge in [-0.05, 0) is 12.1 Å². The SMILES string of the molecule is CON=C(C)C(F)=NOF. The fourth-order valence-corrected chi connectivity index (χ4v) is 0.271. The molecule has 0 aliphatic carbocycles. The van der Waals surface area contributed by atoms with Crippen LogP contribution in [0.1, 0.15) is 6.92 Å². The Morgan fingerprint density at radius 1 is 1.40 bits per heavy atom. The average molecular weight is 152 g/mol. The van der Waals surface area contributed by atoms with Crippen LogP contribution in [0.2, 0.25) is 0 Å². The van der Waals surface area contributed by atoms with Crippen molar-refractivity contribution in [1.82, 2.24) is 0 Å². The first-order chi connectivity index (χ1) is 4.72. The van der Waals surface area contributed by atoms with E-state index in [1.165, 1.54) is 14.0 Å². The molecule has 0 aliphatic heterocycles. The maximum atomic E-state index is 12.2. The van der Waals surface area contributed by atoms with E-state index >= 15 is 0 Å². The van der Waals surface area contributed by atoms with E-state index in [1.807, 2.05) is 0 Å². The minimum absolute atomic E-state index is 0.194. The second-order valence-electron chi connectivity index (χ2n) is 1.31. The molecule has 0 N–H and O–H groups in total. The molecule has 4 nitrogen and oxygen atoms in total. The summed E-state index contributed by atoms with van der Waals surface area (Å²) in [5.41, 5.74) is -0.194. The van der Waals surface area contributed by atoms with Crippen molar-refractivity contribution >= 4 is 11.7 Å². The zero-order chi connectivity index (χ0) is 7.98. The van der Waals surface area contributed by atoms with Crippen molar-refractivity contribution in [3.8, 4) is 0 Å². The monoisotopic (exact) mass is 152 g/mol. The lowest BCUT2D eigenvalue weighted by Crippen LogP contribution is -2.03. The summed E-state index contributed by atoms with van der Waals surface area (Å²) in [7, 11) is 1.23. The van der Waals surface area contributed by atoms with Crippen LogP contribution in [-0.4, -0.2) is 18.8 Å². The van der Waals surface area contributed by atoms with Crippen LogP contribution in [0.5, 0.6) is 0 Å². The summed E-state index contributed by atoms with van der Waals surface area (Å²) in [6.07, 6.45) is 0. The molecule has 0 heterocycles. The van der Waals surface area contributed by atoms with Crippen LogP contribution in [0.4, 0.5) is 8.92 Å². The second-order valence-corrected chi connectivity index (χ2v) is 1.31. The van der Waals surface area contributed by atoms with Crippen LogP contribution in [-0.2, 0) is 9.88 Å². The molecule has 58 valence electrons. The Kier molecular flexibility index (Phi) is 4.10. The lowest BCUT2D eigenvalue weighted by molar-refractivity contribution is -0.131. The number of hydrogen-bond donors (Lipinski definition) is 0. The van der Waals surface area contributed by atoms with Crippen LogP contribution >= 0.6 is 0 Å². The van der Waals surface area contributed by atoms with Gasteiger partial charge in [-0.15, -0.1) is 0 Å². The van der Waals surface area contributed by atoms with Gasteiger partial charge in [0, 0.05) is 4.53 Å². The molecule has 0 bridgehead atoms.